The number of morpholine rings is 1. The third-order valence-electron chi connectivity index (χ3n) is 4.22. The Morgan fingerprint density at radius 3 is 2.77 bits per heavy atom. The number of pyridine rings is 1. The number of nitrogens with one attached hydrogen (secondary N) is 2. The summed E-state index contributed by atoms with van der Waals surface area (Å²) in [6.07, 6.45) is 3.33. The van der Waals surface area contributed by atoms with Gasteiger partial charge in [-0.1, -0.05) is 26.0 Å². The van der Waals surface area contributed by atoms with E-state index in [2.05, 4.69) is 34.4 Å². The Balaban J connectivity index is 1.73. The first-order chi connectivity index (χ1) is 12.6. The fraction of sp³-hybridized carbons (Fsp3) is 0.400. The Labute approximate surface area is 154 Å². The highest BCUT2D eigenvalue weighted by Crippen LogP contribution is 2.27. The molecule has 0 bridgehead atoms. The minimum absolute atomic E-state index is 0.161. The van der Waals surface area contributed by atoms with Crippen molar-refractivity contribution >= 4 is 23.0 Å². The summed E-state index contributed by atoms with van der Waals surface area (Å²) in [6, 6.07) is 9.70. The lowest BCUT2D eigenvalue weighted by Crippen LogP contribution is -2.36. The summed E-state index contributed by atoms with van der Waals surface area (Å²) in [5, 5.41) is 6.33. The second kappa shape index (κ2) is 8.67. The summed E-state index contributed by atoms with van der Waals surface area (Å²) >= 11 is 0. The molecule has 3 rings (SSSR count). The molecule has 0 radical (unpaired) electrons. The zero-order valence-corrected chi connectivity index (χ0v) is 15.4. The number of para-hydroxylation sites is 2. The van der Waals surface area contributed by atoms with Gasteiger partial charge in [0.2, 0.25) is 0 Å². The molecule has 1 saturated heterocycles. The van der Waals surface area contributed by atoms with Crippen molar-refractivity contribution in [3.05, 3.63) is 48.3 Å². The lowest BCUT2D eigenvalue weighted by molar-refractivity contribution is 0.102. The standard InChI is InChI=1S/C20H26N4O2/c1-15(2)12-22-17-11-16(13-21-14-17)20(25)23-18-5-3-4-6-19(18)24-7-9-26-10-8-24/h3-6,11,13-15,22H,7-10,12H2,1-2H3,(H,23,25). The highest BCUT2D eigenvalue weighted by Gasteiger charge is 2.16. The number of amides is 1. The van der Waals surface area contributed by atoms with Crippen molar-refractivity contribution in [2.24, 2.45) is 5.92 Å². The van der Waals surface area contributed by atoms with Gasteiger partial charge in [-0.25, -0.2) is 0 Å². The SMILES string of the molecule is CC(C)CNc1cncc(C(=O)Nc2ccccc2N2CCOCC2)c1. The van der Waals surface area contributed by atoms with Crippen LogP contribution in [0.1, 0.15) is 24.2 Å². The first kappa shape index (κ1) is 18.2. The molecule has 138 valence electrons. The molecule has 2 heterocycles. The molecule has 0 aliphatic carbocycles. The van der Waals surface area contributed by atoms with E-state index < -0.39 is 0 Å². The van der Waals surface area contributed by atoms with Gasteiger partial charge in [-0.05, 0) is 24.1 Å². The molecule has 6 heteroatoms. The largest absolute Gasteiger partial charge is 0.384 e. The highest BCUT2D eigenvalue weighted by atomic mass is 16.5. The number of benzene rings is 1. The van der Waals surface area contributed by atoms with Crippen LogP contribution < -0.4 is 15.5 Å². The minimum atomic E-state index is -0.161. The number of aromatic nitrogens is 1. The number of hydrogen-bond acceptors (Lipinski definition) is 5. The van der Waals surface area contributed by atoms with Crippen molar-refractivity contribution < 1.29 is 9.53 Å². The van der Waals surface area contributed by atoms with Gasteiger partial charge in [0.05, 0.1) is 35.8 Å². The molecule has 2 N–H and O–H groups in total. The second-order valence-corrected chi connectivity index (χ2v) is 6.81. The molecule has 1 aliphatic rings. The Kier molecular flexibility index (Phi) is 6.07. The van der Waals surface area contributed by atoms with E-state index in [9.17, 15) is 4.79 Å². The number of carbonyl (C=O) groups is 1. The van der Waals surface area contributed by atoms with E-state index in [4.69, 9.17) is 4.74 Å². The van der Waals surface area contributed by atoms with Crippen molar-refractivity contribution in [2.75, 3.05) is 48.4 Å². The molecular formula is C20H26N4O2. The third-order valence-corrected chi connectivity index (χ3v) is 4.22. The predicted molar refractivity (Wildman–Crippen MR) is 105 cm³/mol. The molecule has 0 spiro atoms. The lowest BCUT2D eigenvalue weighted by atomic mass is 10.2. The molecule has 2 aromatic rings. The molecule has 1 aliphatic heterocycles. The highest BCUT2D eigenvalue weighted by molar-refractivity contribution is 6.06. The van der Waals surface area contributed by atoms with Crippen LogP contribution in [0.5, 0.6) is 0 Å². The molecule has 1 amide bonds. The van der Waals surface area contributed by atoms with E-state index >= 15 is 0 Å². The fourth-order valence-corrected chi connectivity index (χ4v) is 2.84. The molecule has 6 nitrogen and oxygen atoms in total. The van der Waals surface area contributed by atoms with Gasteiger partial charge < -0.3 is 20.3 Å². The number of ether oxygens (including phenoxy) is 1. The van der Waals surface area contributed by atoms with Gasteiger partial charge >= 0.3 is 0 Å². The smallest absolute Gasteiger partial charge is 0.257 e. The number of rotatable bonds is 6. The first-order valence-corrected chi connectivity index (χ1v) is 9.05. The first-order valence-electron chi connectivity index (χ1n) is 9.05. The van der Waals surface area contributed by atoms with Crippen LogP contribution in [0, 0.1) is 5.92 Å². The average molecular weight is 354 g/mol. The van der Waals surface area contributed by atoms with Crippen molar-refractivity contribution in [3.8, 4) is 0 Å². The molecule has 1 aromatic heterocycles. The van der Waals surface area contributed by atoms with Crippen LogP contribution in [-0.2, 0) is 4.74 Å². The number of hydrogen-bond donors (Lipinski definition) is 2. The zero-order chi connectivity index (χ0) is 18.4. The van der Waals surface area contributed by atoms with Gasteiger partial charge in [0, 0.05) is 32.0 Å². The normalized spacial score (nSPS) is 14.3. The number of anilines is 3. The summed E-state index contributed by atoms with van der Waals surface area (Å²) < 4.78 is 5.42. The van der Waals surface area contributed by atoms with Crippen LogP contribution in [-0.4, -0.2) is 43.7 Å². The van der Waals surface area contributed by atoms with Crippen LogP contribution >= 0.6 is 0 Å². The van der Waals surface area contributed by atoms with Gasteiger partial charge in [0.25, 0.3) is 5.91 Å². The monoisotopic (exact) mass is 354 g/mol. The maximum absolute atomic E-state index is 12.7. The number of carbonyl (C=O) groups excluding carboxylic acids is 1. The van der Waals surface area contributed by atoms with Crippen molar-refractivity contribution in [1.82, 2.24) is 4.98 Å². The summed E-state index contributed by atoms with van der Waals surface area (Å²) in [7, 11) is 0. The molecule has 0 unspecified atom stereocenters. The van der Waals surface area contributed by atoms with Gasteiger partial charge in [-0.3, -0.25) is 9.78 Å². The topological polar surface area (TPSA) is 66.5 Å². The lowest BCUT2D eigenvalue weighted by Gasteiger charge is -2.30. The Bertz CT molecular complexity index is 742. The molecule has 1 fully saturated rings. The van der Waals surface area contributed by atoms with Crippen LogP contribution in [0.4, 0.5) is 17.1 Å². The van der Waals surface area contributed by atoms with Gasteiger partial charge in [-0.15, -0.1) is 0 Å². The van der Waals surface area contributed by atoms with Crippen LogP contribution in [0.25, 0.3) is 0 Å². The summed E-state index contributed by atoms with van der Waals surface area (Å²) in [4.78, 5) is 19.1. The van der Waals surface area contributed by atoms with E-state index in [0.29, 0.717) is 24.7 Å². The summed E-state index contributed by atoms with van der Waals surface area (Å²) in [6.45, 7) is 8.17. The quantitative estimate of drug-likeness (QED) is 0.834. The summed E-state index contributed by atoms with van der Waals surface area (Å²) in [5.41, 5.74) is 3.22. The Morgan fingerprint density at radius 1 is 1.23 bits per heavy atom. The molecular weight excluding hydrogens is 328 g/mol. The van der Waals surface area contributed by atoms with Gasteiger partial charge in [0.1, 0.15) is 0 Å². The Hall–Kier alpha value is -2.60. The van der Waals surface area contributed by atoms with Gasteiger partial charge in [-0.2, -0.15) is 0 Å². The van der Waals surface area contributed by atoms with E-state index in [1.807, 2.05) is 30.3 Å². The van der Waals surface area contributed by atoms with E-state index in [-0.39, 0.29) is 5.91 Å². The zero-order valence-electron chi connectivity index (χ0n) is 15.4. The molecule has 0 saturated carbocycles. The van der Waals surface area contributed by atoms with Crippen molar-refractivity contribution in [2.45, 2.75) is 13.8 Å². The number of nitrogens with zero attached hydrogens (tertiary/aromatic N) is 2. The minimum Gasteiger partial charge on any atom is -0.384 e. The average Bonchev–Trinajstić information content (AvgIpc) is 2.68. The molecule has 0 atom stereocenters. The van der Waals surface area contributed by atoms with E-state index in [0.717, 1.165) is 36.7 Å². The van der Waals surface area contributed by atoms with Crippen LogP contribution in [0.3, 0.4) is 0 Å². The van der Waals surface area contributed by atoms with Crippen molar-refractivity contribution in [1.29, 1.82) is 0 Å². The van der Waals surface area contributed by atoms with E-state index in [1.54, 1.807) is 12.4 Å². The fourth-order valence-electron chi connectivity index (χ4n) is 2.84. The van der Waals surface area contributed by atoms with Crippen LogP contribution in [0.2, 0.25) is 0 Å². The van der Waals surface area contributed by atoms with Crippen molar-refractivity contribution in [3.63, 3.8) is 0 Å². The van der Waals surface area contributed by atoms with Gasteiger partial charge in [0.15, 0.2) is 0 Å². The maximum atomic E-state index is 12.7. The maximum Gasteiger partial charge on any atom is 0.257 e. The third kappa shape index (κ3) is 4.73. The predicted octanol–water partition coefficient (Wildman–Crippen LogP) is 3.24. The van der Waals surface area contributed by atoms with Crippen LogP contribution in [0.15, 0.2) is 42.7 Å². The second-order valence-electron chi connectivity index (χ2n) is 6.81. The summed E-state index contributed by atoms with van der Waals surface area (Å²) in [5.74, 6) is 0.360. The molecule has 26 heavy (non-hydrogen) atoms. The molecule has 1 aromatic carbocycles. The Morgan fingerprint density at radius 2 is 2.00 bits per heavy atom. The van der Waals surface area contributed by atoms with E-state index in [1.165, 1.54) is 0 Å².